The van der Waals surface area contributed by atoms with E-state index < -0.39 is 0 Å². The molecule has 0 fully saturated rings. The molecular weight excluding hydrogens is 558 g/mol. The molecule has 0 saturated heterocycles. The fraction of sp³-hybridized carbons (Fsp3) is 0.419. The van der Waals surface area contributed by atoms with Crippen LogP contribution >= 0.6 is 15.9 Å². The van der Waals surface area contributed by atoms with Gasteiger partial charge in [-0.25, -0.2) is 0 Å². The van der Waals surface area contributed by atoms with Crippen LogP contribution in [0.25, 0.3) is 0 Å². The molecule has 1 heterocycles. The van der Waals surface area contributed by atoms with E-state index in [2.05, 4.69) is 45.6 Å². The summed E-state index contributed by atoms with van der Waals surface area (Å²) < 4.78 is 13.9. The Kier molecular flexibility index (Phi) is 12.6. The first-order valence-corrected chi connectivity index (χ1v) is 14.4. The lowest BCUT2D eigenvalue weighted by Crippen LogP contribution is -2.43. The quantitative estimate of drug-likeness (QED) is 0.190. The molecule has 210 valence electrons. The molecule has 0 aliphatic heterocycles. The monoisotopic (exact) mass is 597 g/mol. The third-order valence-corrected chi connectivity index (χ3v) is 7.08. The summed E-state index contributed by atoms with van der Waals surface area (Å²) in [4.78, 5) is 30.7. The second kappa shape index (κ2) is 16.1. The van der Waals surface area contributed by atoms with Gasteiger partial charge in [0, 0.05) is 54.8 Å². The molecule has 39 heavy (non-hydrogen) atoms. The van der Waals surface area contributed by atoms with Gasteiger partial charge in [0.2, 0.25) is 5.91 Å². The molecule has 8 heteroatoms. The highest BCUT2D eigenvalue weighted by Gasteiger charge is 2.23. The molecule has 0 unspecified atom stereocenters. The van der Waals surface area contributed by atoms with E-state index >= 15 is 0 Å². The highest BCUT2D eigenvalue weighted by atomic mass is 79.9. The van der Waals surface area contributed by atoms with Crippen LogP contribution in [0, 0.1) is 0 Å². The van der Waals surface area contributed by atoms with E-state index in [1.807, 2.05) is 36.2 Å². The Labute approximate surface area is 240 Å². The summed E-state index contributed by atoms with van der Waals surface area (Å²) in [6.07, 6.45) is 4.59. The summed E-state index contributed by atoms with van der Waals surface area (Å²) in [6.45, 7) is 7.55. The van der Waals surface area contributed by atoms with Crippen molar-refractivity contribution in [2.45, 2.75) is 46.2 Å². The largest absolute Gasteiger partial charge is 0.497 e. The number of halogens is 1. The van der Waals surface area contributed by atoms with Gasteiger partial charge in [0.05, 0.1) is 13.7 Å². The number of nitrogens with zero attached hydrogens (tertiary/aromatic N) is 3. The van der Waals surface area contributed by atoms with E-state index in [0.29, 0.717) is 50.6 Å². The van der Waals surface area contributed by atoms with Crippen LogP contribution in [0.15, 0.2) is 71.3 Å². The van der Waals surface area contributed by atoms with Crippen LogP contribution in [-0.4, -0.2) is 66.1 Å². The van der Waals surface area contributed by atoms with Gasteiger partial charge in [-0.05, 0) is 73.9 Å². The van der Waals surface area contributed by atoms with Crippen LogP contribution in [-0.2, 0) is 22.6 Å². The number of rotatable bonds is 16. The van der Waals surface area contributed by atoms with Gasteiger partial charge in [0.15, 0.2) is 0 Å². The number of ether oxygens (including phenoxy) is 2. The van der Waals surface area contributed by atoms with E-state index in [1.54, 1.807) is 36.3 Å². The summed E-state index contributed by atoms with van der Waals surface area (Å²) in [5.74, 6) is 0.456. The van der Waals surface area contributed by atoms with E-state index in [0.717, 1.165) is 29.6 Å². The molecule has 0 saturated carbocycles. The maximum Gasteiger partial charge on any atom is 0.254 e. The van der Waals surface area contributed by atoms with Crippen molar-refractivity contribution in [3.8, 4) is 5.75 Å². The molecule has 0 aliphatic carbocycles. The van der Waals surface area contributed by atoms with Crippen LogP contribution in [0.5, 0.6) is 5.75 Å². The summed E-state index contributed by atoms with van der Waals surface area (Å²) in [5.41, 5.74) is 2.78. The third-order valence-electron chi connectivity index (χ3n) is 6.55. The number of amides is 2. The smallest absolute Gasteiger partial charge is 0.254 e. The lowest BCUT2D eigenvalue weighted by atomic mass is 10.1. The van der Waals surface area contributed by atoms with Gasteiger partial charge in [-0.15, -0.1) is 0 Å². The van der Waals surface area contributed by atoms with Crippen molar-refractivity contribution < 1.29 is 19.1 Å². The Morgan fingerprint density at radius 2 is 1.64 bits per heavy atom. The minimum atomic E-state index is -0.170. The summed E-state index contributed by atoms with van der Waals surface area (Å²) >= 11 is 3.49. The van der Waals surface area contributed by atoms with Gasteiger partial charge in [0.1, 0.15) is 12.3 Å². The first kappa shape index (κ1) is 30.4. The summed E-state index contributed by atoms with van der Waals surface area (Å²) in [5, 5.41) is 0. The topological polar surface area (TPSA) is 64.0 Å². The predicted molar refractivity (Wildman–Crippen MR) is 158 cm³/mol. The van der Waals surface area contributed by atoms with Crippen molar-refractivity contribution in [3.63, 3.8) is 0 Å². The van der Waals surface area contributed by atoms with Gasteiger partial charge in [-0.3, -0.25) is 9.59 Å². The molecule has 0 bridgehead atoms. The average Bonchev–Trinajstić information content (AvgIpc) is 3.39. The molecule has 0 radical (unpaired) electrons. The number of benzene rings is 2. The number of methoxy groups -OCH3 is 1. The second-order valence-corrected chi connectivity index (χ2v) is 10.3. The maximum atomic E-state index is 13.7. The zero-order chi connectivity index (χ0) is 28.0. The molecule has 3 aromatic rings. The number of aromatic nitrogens is 1. The Bertz CT molecular complexity index is 1160. The average molecular weight is 599 g/mol. The molecule has 1 aromatic heterocycles. The molecule has 7 nitrogen and oxygen atoms in total. The van der Waals surface area contributed by atoms with E-state index in [-0.39, 0.29) is 18.4 Å². The van der Waals surface area contributed by atoms with E-state index in [4.69, 9.17) is 9.47 Å². The molecule has 0 aliphatic rings. The zero-order valence-corrected chi connectivity index (χ0v) is 24.9. The van der Waals surface area contributed by atoms with Gasteiger partial charge in [-0.1, -0.05) is 41.4 Å². The number of hydrogen-bond acceptors (Lipinski definition) is 4. The van der Waals surface area contributed by atoms with Crippen molar-refractivity contribution in [3.05, 3.63) is 88.2 Å². The second-order valence-electron chi connectivity index (χ2n) is 9.43. The van der Waals surface area contributed by atoms with Crippen molar-refractivity contribution in [1.29, 1.82) is 0 Å². The third kappa shape index (κ3) is 9.55. The number of carbonyl (C=O) groups is 2. The Balaban J connectivity index is 1.75. The lowest BCUT2D eigenvalue weighted by Gasteiger charge is -2.28. The number of hydrogen-bond donors (Lipinski definition) is 0. The first-order valence-electron chi connectivity index (χ1n) is 13.6. The SMILES string of the molecule is CCCCN(Cc1cccn1Cc1ccc(Br)cc1)C(=O)CN(CCCOCC)C(=O)c1ccc(OC)cc1. The molecule has 2 amide bonds. The molecule has 0 atom stereocenters. The Morgan fingerprint density at radius 1 is 0.923 bits per heavy atom. The van der Waals surface area contributed by atoms with Crippen LogP contribution in [0.2, 0.25) is 0 Å². The normalized spacial score (nSPS) is 10.9. The minimum absolute atomic E-state index is 0.0219. The van der Waals surface area contributed by atoms with Crippen LogP contribution in [0.4, 0.5) is 0 Å². The van der Waals surface area contributed by atoms with Crippen LogP contribution in [0.3, 0.4) is 0 Å². The first-order chi connectivity index (χ1) is 18.9. The summed E-state index contributed by atoms with van der Waals surface area (Å²) in [6, 6.07) is 19.4. The molecule has 0 spiro atoms. The van der Waals surface area contributed by atoms with Gasteiger partial charge < -0.3 is 23.8 Å². The fourth-order valence-electron chi connectivity index (χ4n) is 4.30. The molecular formula is C31H40BrN3O4. The van der Waals surface area contributed by atoms with Crippen molar-refractivity contribution in [2.75, 3.05) is 40.0 Å². The van der Waals surface area contributed by atoms with Crippen molar-refractivity contribution >= 4 is 27.7 Å². The van der Waals surface area contributed by atoms with Gasteiger partial charge in [-0.2, -0.15) is 0 Å². The lowest BCUT2D eigenvalue weighted by molar-refractivity contribution is -0.132. The van der Waals surface area contributed by atoms with Crippen LogP contribution in [0.1, 0.15) is 54.7 Å². The highest BCUT2D eigenvalue weighted by molar-refractivity contribution is 9.10. The molecule has 3 rings (SSSR count). The number of unbranched alkanes of at least 4 members (excludes halogenated alkanes) is 1. The summed E-state index contributed by atoms with van der Waals surface area (Å²) in [7, 11) is 1.59. The van der Waals surface area contributed by atoms with E-state index in [1.165, 1.54) is 5.56 Å². The fourth-order valence-corrected chi connectivity index (χ4v) is 4.57. The zero-order valence-electron chi connectivity index (χ0n) is 23.3. The number of carbonyl (C=O) groups excluding carboxylic acids is 2. The van der Waals surface area contributed by atoms with Gasteiger partial charge in [0.25, 0.3) is 5.91 Å². The van der Waals surface area contributed by atoms with Gasteiger partial charge >= 0.3 is 0 Å². The Morgan fingerprint density at radius 3 is 2.31 bits per heavy atom. The Hall–Kier alpha value is -3.10. The standard InChI is InChI=1S/C31H40BrN3O4/c1-4-6-18-34(23-28-9-7-19-33(28)22-25-10-14-27(32)15-11-25)30(36)24-35(20-8-21-39-5-2)31(37)26-12-16-29(38-3)17-13-26/h7,9-17,19H,4-6,8,18,20-24H2,1-3H3. The van der Waals surface area contributed by atoms with Crippen molar-refractivity contribution in [1.82, 2.24) is 14.4 Å². The van der Waals surface area contributed by atoms with Crippen molar-refractivity contribution in [2.24, 2.45) is 0 Å². The molecule has 0 N–H and O–H groups in total. The maximum absolute atomic E-state index is 13.7. The minimum Gasteiger partial charge on any atom is -0.497 e. The highest BCUT2D eigenvalue weighted by Crippen LogP contribution is 2.17. The molecule has 2 aromatic carbocycles. The van der Waals surface area contributed by atoms with E-state index in [9.17, 15) is 9.59 Å². The predicted octanol–water partition coefficient (Wildman–Crippen LogP) is 6.01. The van der Waals surface area contributed by atoms with Crippen LogP contribution < -0.4 is 4.74 Å².